The smallest absolute Gasteiger partial charge is 0.276 e. The number of nitrogens with zero attached hydrogens (tertiary/aromatic N) is 5. The molecular weight excluding hydrogens is 432 g/mol. The quantitative estimate of drug-likeness (QED) is 0.147. The molecule has 0 saturated heterocycles. The Labute approximate surface area is 185 Å². The summed E-state index contributed by atoms with van der Waals surface area (Å²) in [5.41, 5.74) is 9.19. The molecule has 0 bridgehead atoms. The third-order valence-electron chi connectivity index (χ3n) is 4.60. The van der Waals surface area contributed by atoms with E-state index in [0.29, 0.717) is 27.8 Å². The van der Waals surface area contributed by atoms with Crippen LogP contribution in [0.5, 0.6) is 0 Å². The minimum absolute atomic E-state index is 0.472. The summed E-state index contributed by atoms with van der Waals surface area (Å²) in [6, 6.07) is 15.3. The molecule has 0 fully saturated rings. The lowest BCUT2D eigenvalue weighted by Gasteiger charge is -2.02. The summed E-state index contributed by atoms with van der Waals surface area (Å²) in [4.78, 5) is 3.23. The average Bonchev–Trinajstić information content (AvgIpc) is 3.51. The molecule has 5 rings (SSSR count). The van der Waals surface area contributed by atoms with E-state index in [1.54, 1.807) is 12.1 Å². The van der Waals surface area contributed by atoms with Crippen LogP contribution in [0, 0.1) is 0 Å². The summed E-state index contributed by atoms with van der Waals surface area (Å²) in [6.07, 6.45) is 1.90. The van der Waals surface area contributed by atoms with Gasteiger partial charge in [-0.1, -0.05) is 41.7 Å². The molecule has 0 atom stereocenters. The lowest BCUT2D eigenvalue weighted by molar-refractivity contribution is 0.466. The van der Waals surface area contributed by atoms with Crippen LogP contribution in [0.25, 0.3) is 33.7 Å². The van der Waals surface area contributed by atoms with Crippen LogP contribution in [0.3, 0.4) is 0 Å². The van der Waals surface area contributed by atoms with Gasteiger partial charge in [-0.15, -0.1) is 20.4 Å². The maximum atomic E-state index is 6.26. The van der Waals surface area contributed by atoms with E-state index < -0.39 is 0 Å². The summed E-state index contributed by atoms with van der Waals surface area (Å²) < 4.78 is 7.23. The van der Waals surface area contributed by atoms with Crippen molar-refractivity contribution in [3.63, 3.8) is 0 Å². The molecule has 0 aliphatic rings. The molecule has 0 saturated carbocycles. The number of hydrogen-bond acceptors (Lipinski definition) is 9. The minimum atomic E-state index is 0.472. The first kappa shape index (κ1) is 19.5. The number of rotatable bonds is 7. The van der Waals surface area contributed by atoms with E-state index in [4.69, 9.17) is 16.0 Å². The fraction of sp³-hybridized carbons (Fsp3) is 0.100. The molecule has 9 nitrogen and oxygen atoms in total. The Balaban J connectivity index is 1.20. The fourth-order valence-electron chi connectivity index (χ4n) is 3.09. The number of benzene rings is 2. The van der Waals surface area contributed by atoms with Crippen molar-refractivity contribution in [3.8, 4) is 22.8 Å². The van der Waals surface area contributed by atoms with E-state index in [0.717, 1.165) is 33.5 Å². The lowest BCUT2D eigenvalue weighted by Crippen LogP contribution is -2.11. The van der Waals surface area contributed by atoms with Crippen molar-refractivity contribution < 1.29 is 4.42 Å². The van der Waals surface area contributed by atoms with E-state index in [-0.39, 0.29) is 0 Å². The van der Waals surface area contributed by atoms with Gasteiger partial charge in [0, 0.05) is 45.4 Å². The largest absolute Gasteiger partial charge is 0.411 e. The highest BCUT2D eigenvalue weighted by molar-refractivity contribution is 8.02. The van der Waals surface area contributed by atoms with Gasteiger partial charge in [0.25, 0.3) is 5.22 Å². The second kappa shape index (κ2) is 8.36. The molecule has 0 spiro atoms. The van der Waals surface area contributed by atoms with Crippen LogP contribution < -0.4 is 11.6 Å². The van der Waals surface area contributed by atoms with Gasteiger partial charge < -0.3 is 21.0 Å². The van der Waals surface area contributed by atoms with Crippen LogP contribution in [0.4, 0.5) is 5.69 Å². The van der Waals surface area contributed by atoms with E-state index in [1.165, 1.54) is 28.2 Å². The van der Waals surface area contributed by atoms with Crippen LogP contribution in [0.15, 0.2) is 69.5 Å². The molecule has 2 aromatic carbocycles. The van der Waals surface area contributed by atoms with Crippen LogP contribution in [0.1, 0.15) is 0 Å². The molecule has 5 N–H and O–H groups in total. The third kappa shape index (κ3) is 3.97. The summed E-state index contributed by atoms with van der Waals surface area (Å²) in [5, 5.41) is 18.9. The molecule has 0 aliphatic carbocycles. The van der Waals surface area contributed by atoms with Crippen molar-refractivity contribution in [2.45, 2.75) is 10.4 Å². The van der Waals surface area contributed by atoms with E-state index in [9.17, 15) is 0 Å². The SMILES string of the molecule is Nc1ccc(-c2nnc(SCCSc3nnc(-c4c[nH]c5ccccc45)n3N)o2)cc1. The number of para-hydroxylation sites is 1. The van der Waals surface area contributed by atoms with Crippen molar-refractivity contribution in [3.05, 3.63) is 54.7 Å². The number of aromatic amines is 1. The first-order valence-electron chi connectivity index (χ1n) is 9.41. The number of hydrogen-bond donors (Lipinski definition) is 3. The molecule has 31 heavy (non-hydrogen) atoms. The Morgan fingerprint density at radius 2 is 1.74 bits per heavy atom. The lowest BCUT2D eigenvalue weighted by atomic mass is 10.2. The highest BCUT2D eigenvalue weighted by Gasteiger charge is 2.16. The van der Waals surface area contributed by atoms with Crippen LogP contribution in [0.2, 0.25) is 0 Å². The minimum Gasteiger partial charge on any atom is -0.411 e. The van der Waals surface area contributed by atoms with Crippen LogP contribution >= 0.6 is 23.5 Å². The van der Waals surface area contributed by atoms with Crippen molar-refractivity contribution in [1.82, 2.24) is 30.1 Å². The van der Waals surface area contributed by atoms with Crippen molar-refractivity contribution >= 4 is 40.1 Å². The van der Waals surface area contributed by atoms with Crippen molar-refractivity contribution in [2.75, 3.05) is 23.1 Å². The number of nitrogens with two attached hydrogens (primary N) is 2. The van der Waals surface area contributed by atoms with Crippen LogP contribution in [-0.4, -0.2) is 41.6 Å². The zero-order valence-corrected chi connectivity index (χ0v) is 17.9. The number of nitrogens with one attached hydrogen (secondary N) is 1. The van der Waals surface area contributed by atoms with Gasteiger partial charge >= 0.3 is 0 Å². The predicted octanol–water partition coefficient (Wildman–Crippen LogP) is 3.66. The van der Waals surface area contributed by atoms with Crippen LogP contribution in [-0.2, 0) is 0 Å². The van der Waals surface area contributed by atoms with E-state index >= 15 is 0 Å². The molecule has 156 valence electrons. The van der Waals surface area contributed by atoms with E-state index in [2.05, 4.69) is 25.4 Å². The topological polar surface area (TPSA) is 137 Å². The Kier molecular flexibility index (Phi) is 5.26. The zero-order valence-electron chi connectivity index (χ0n) is 16.2. The molecule has 3 heterocycles. The zero-order chi connectivity index (χ0) is 21.2. The Morgan fingerprint density at radius 1 is 0.935 bits per heavy atom. The first-order valence-corrected chi connectivity index (χ1v) is 11.4. The molecule has 3 aromatic heterocycles. The van der Waals surface area contributed by atoms with Crippen molar-refractivity contribution in [2.24, 2.45) is 0 Å². The standard InChI is InChI=1S/C20H18N8OS2/c21-13-7-5-12(6-8-13)18-25-27-20(29-18)31-10-9-30-19-26-24-17(28(19)22)15-11-23-16-4-2-1-3-14(15)16/h1-8,11,23H,9-10,21-22H2. The van der Waals surface area contributed by atoms with Gasteiger partial charge in [0.1, 0.15) is 0 Å². The third-order valence-corrected chi connectivity index (χ3v) is 6.62. The van der Waals surface area contributed by atoms with Gasteiger partial charge in [0.2, 0.25) is 11.0 Å². The second-order valence-corrected chi connectivity index (χ2v) is 8.72. The first-order chi connectivity index (χ1) is 15.2. The number of aromatic nitrogens is 6. The van der Waals surface area contributed by atoms with Crippen molar-refractivity contribution in [1.29, 1.82) is 0 Å². The number of anilines is 1. The van der Waals surface area contributed by atoms with E-state index in [1.807, 2.05) is 42.6 Å². The Hall–Kier alpha value is -3.44. The summed E-state index contributed by atoms with van der Waals surface area (Å²) >= 11 is 3.01. The molecular formula is C20H18N8OS2. The molecule has 0 radical (unpaired) electrons. The number of H-pyrrole nitrogens is 1. The number of nitrogen functional groups attached to an aromatic ring is 2. The maximum Gasteiger partial charge on any atom is 0.276 e. The number of fused-ring (bicyclic) bond motifs is 1. The predicted molar refractivity (Wildman–Crippen MR) is 123 cm³/mol. The van der Waals surface area contributed by atoms with Gasteiger partial charge in [-0.3, -0.25) is 0 Å². The fourth-order valence-corrected chi connectivity index (χ4v) is 4.67. The van der Waals surface area contributed by atoms with Gasteiger partial charge in [-0.2, -0.15) is 0 Å². The molecule has 5 aromatic rings. The molecule has 0 amide bonds. The summed E-state index contributed by atoms with van der Waals surface area (Å²) in [7, 11) is 0. The summed E-state index contributed by atoms with van der Waals surface area (Å²) in [6.45, 7) is 0. The Morgan fingerprint density at radius 3 is 2.61 bits per heavy atom. The summed E-state index contributed by atoms with van der Waals surface area (Å²) in [5.74, 6) is 8.86. The molecule has 0 aliphatic heterocycles. The second-order valence-electron chi connectivity index (χ2n) is 6.62. The average molecular weight is 451 g/mol. The normalized spacial score (nSPS) is 11.4. The number of thioether (sulfide) groups is 2. The maximum absolute atomic E-state index is 6.26. The van der Waals surface area contributed by atoms with Gasteiger partial charge in [-0.25, -0.2) is 4.68 Å². The van der Waals surface area contributed by atoms with Gasteiger partial charge in [0.15, 0.2) is 5.82 Å². The van der Waals surface area contributed by atoms with Gasteiger partial charge in [0.05, 0.1) is 0 Å². The highest BCUT2D eigenvalue weighted by atomic mass is 32.2. The monoisotopic (exact) mass is 450 g/mol. The Bertz CT molecular complexity index is 1320. The molecule has 11 heteroatoms. The van der Waals surface area contributed by atoms with Gasteiger partial charge in [-0.05, 0) is 30.3 Å². The highest BCUT2D eigenvalue weighted by Crippen LogP contribution is 2.29. The molecule has 0 unspecified atom stereocenters.